The van der Waals surface area contributed by atoms with Gasteiger partial charge in [0.05, 0.1) is 18.6 Å². The fourth-order valence-electron chi connectivity index (χ4n) is 4.06. The third-order valence-corrected chi connectivity index (χ3v) is 6.86. The lowest BCUT2D eigenvalue weighted by Crippen LogP contribution is -2.54. The maximum Gasteiger partial charge on any atom is 0.228 e. The van der Waals surface area contributed by atoms with Gasteiger partial charge in [0.25, 0.3) is 0 Å². The number of benzene rings is 2. The van der Waals surface area contributed by atoms with Gasteiger partial charge in [0.1, 0.15) is 12.3 Å². The summed E-state index contributed by atoms with van der Waals surface area (Å²) in [5.41, 5.74) is 1.16. The predicted molar refractivity (Wildman–Crippen MR) is 132 cm³/mol. The van der Waals surface area contributed by atoms with Crippen molar-refractivity contribution >= 4 is 5.91 Å². The lowest BCUT2D eigenvalue weighted by atomic mass is 9.70. The van der Waals surface area contributed by atoms with Crippen molar-refractivity contribution in [2.45, 2.75) is 38.8 Å². The van der Waals surface area contributed by atoms with Crippen LogP contribution in [0.5, 0.6) is 0 Å². The van der Waals surface area contributed by atoms with E-state index in [1.807, 2.05) is 36.4 Å². The average Bonchev–Trinajstić information content (AvgIpc) is 2.87. The van der Waals surface area contributed by atoms with Crippen molar-refractivity contribution in [2.75, 3.05) is 40.0 Å². The summed E-state index contributed by atoms with van der Waals surface area (Å²) >= 11 is 0. The highest BCUT2D eigenvalue weighted by atomic mass is 19.1. The number of halogens is 1. The van der Waals surface area contributed by atoms with E-state index in [0.717, 1.165) is 49.5 Å². The summed E-state index contributed by atoms with van der Waals surface area (Å²) in [7, 11) is 1.50. The monoisotopic (exact) mass is 466 g/mol. The molecular weight excluding hydrogens is 431 g/mol. The maximum absolute atomic E-state index is 13.4. The number of carbonyl (C=O) groups excluding carboxylic acids is 1. The van der Waals surface area contributed by atoms with Crippen molar-refractivity contribution in [3.63, 3.8) is 0 Å². The number of hydrogen-bond acceptors (Lipinski definition) is 4. The van der Waals surface area contributed by atoms with Crippen LogP contribution < -0.4 is 5.32 Å². The first-order valence-electron chi connectivity index (χ1n) is 11.8. The standard InChI is InChI=1S/C28H35FN2O3/c1-27(26(32)30-3,28(2,33)21-29)15-14-24-8-6-22(7-9-24)4-5-23-10-12-25(13-11-23)20-31-16-18-34-19-17-31/h6-13,33H,14-21H2,1-3H3,(H,30,32). The molecule has 182 valence electrons. The maximum atomic E-state index is 13.4. The van der Waals surface area contributed by atoms with E-state index in [1.54, 1.807) is 6.92 Å². The molecule has 1 heterocycles. The second-order valence-electron chi connectivity index (χ2n) is 9.35. The van der Waals surface area contributed by atoms with Crippen LogP contribution in [0.25, 0.3) is 0 Å². The molecular formula is C28H35FN2O3. The van der Waals surface area contributed by atoms with E-state index in [4.69, 9.17) is 4.74 Å². The second kappa shape index (κ2) is 11.6. The summed E-state index contributed by atoms with van der Waals surface area (Å²) in [4.78, 5) is 14.8. The molecule has 1 aliphatic heterocycles. The Kier molecular flexibility index (Phi) is 8.84. The van der Waals surface area contributed by atoms with E-state index in [-0.39, 0.29) is 5.91 Å². The van der Waals surface area contributed by atoms with Crippen LogP contribution >= 0.6 is 0 Å². The molecule has 0 aromatic heterocycles. The zero-order valence-electron chi connectivity index (χ0n) is 20.4. The van der Waals surface area contributed by atoms with Crippen LogP contribution in [0.1, 0.15) is 42.5 Å². The fraction of sp³-hybridized carbons (Fsp3) is 0.464. The van der Waals surface area contributed by atoms with Gasteiger partial charge in [-0.15, -0.1) is 0 Å². The van der Waals surface area contributed by atoms with Crippen molar-refractivity contribution in [1.82, 2.24) is 10.2 Å². The Morgan fingerprint density at radius 2 is 1.56 bits per heavy atom. The molecule has 1 fully saturated rings. The van der Waals surface area contributed by atoms with Gasteiger partial charge in [0.15, 0.2) is 0 Å². The van der Waals surface area contributed by atoms with Gasteiger partial charge < -0.3 is 15.2 Å². The summed E-state index contributed by atoms with van der Waals surface area (Å²) in [6.07, 6.45) is 0.865. The highest BCUT2D eigenvalue weighted by Crippen LogP contribution is 2.37. The molecule has 0 aliphatic carbocycles. The summed E-state index contributed by atoms with van der Waals surface area (Å²) in [5.74, 6) is 6.03. The van der Waals surface area contributed by atoms with Gasteiger partial charge in [-0.05, 0) is 62.1 Å². The zero-order chi connectivity index (χ0) is 24.6. The number of aryl methyl sites for hydroxylation is 1. The molecule has 2 N–H and O–H groups in total. The minimum atomic E-state index is -1.74. The topological polar surface area (TPSA) is 61.8 Å². The molecule has 5 nitrogen and oxygen atoms in total. The summed E-state index contributed by atoms with van der Waals surface area (Å²) in [6, 6.07) is 16.2. The molecule has 1 aliphatic rings. The van der Waals surface area contributed by atoms with Crippen molar-refractivity contribution in [3.05, 3.63) is 70.8 Å². The van der Waals surface area contributed by atoms with E-state index in [1.165, 1.54) is 19.5 Å². The third-order valence-electron chi connectivity index (χ3n) is 6.86. The second-order valence-corrected chi connectivity index (χ2v) is 9.35. The van der Waals surface area contributed by atoms with Crippen LogP contribution in [0.3, 0.4) is 0 Å². The highest BCUT2D eigenvalue weighted by molar-refractivity contribution is 5.83. The molecule has 0 spiro atoms. The molecule has 1 amide bonds. The van der Waals surface area contributed by atoms with Gasteiger partial charge in [-0.25, -0.2) is 4.39 Å². The van der Waals surface area contributed by atoms with Crippen LogP contribution in [0.15, 0.2) is 48.5 Å². The number of aliphatic hydroxyl groups is 1. The SMILES string of the molecule is CNC(=O)C(C)(CCc1ccc(C#Cc2ccc(CN3CCOCC3)cc2)cc1)C(C)(O)CF. The number of ether oxygens (including phenoxy) is 1. The van der Waals surface area contributed by atoms with Gasteiger partial charge in [0.2, 0.25) is 5.91 Å². The molecule has 6 heteroatoms. The van der Waals surface area contributed by atoms with Crippen LogP contribution in [0, 0.1) is 17.3 Å². The van der Waals surface area contributed by atoms with Gasteiger partial charge in [-0.2, -0.15) is 0 Å². The Morgan fingerprint density at radius 3 is 2.06 bits per heavy atom. The number of morpholine rings is 1. The number of nitrogens with one attached hydrogen (secondary N) is 1. The minimum absolute atomic E-state index is 0.325. The Balaban J connectivity index is 1.59. The van der Waals surface area contributed by atoms with Crippen LogP contribution in [0.4, 0.5) is 4.39 Å². The van der Waals surface area contributed by atoms with Crippen molar-refractivity contribution in [2.24, 2.45) is 5.41 Å². The van der Waals surface area contributed by atoms with Crippen molar-refractivity contribution < 1.29 is 19.0 Å². The molecule has 2 atom stereocenters. The number of rotatable bonds is 8. The molecule has 0 radical (unpaired) electrons. The Hall–Kier alpha value is -2.72. The molecule has 3 rings (SSSR count). The van der Waals surface area contributed by atoms with E-state index in [2.05, 4.69) is 34.2 Å². The van der Waals surface area contributed by atoms with Crippen LogP contribution in [-0.4, -0.2) is 61.5 Å². The quantitative estimate of drug-likeness (QED) is 0.586. The Bertz CT molecular complexity index is 1000. The summed E-state index contributed by atoms with van der Waals surface area (Å²) in [6.45, 7) is 6.46. The number of carbonyl (C=O) groups is 1. The van der Waals surface area contributed by atoms with E-state index >= 15 is 0 Å². The third kappa shape index (κ3) is 6.44. The number of amides is 1. The number of hydrogen-bond donors (Lipinski definition) is 2. The lowest BCUT2D eigenvalue weighted by Gasteiger charge is -2.39. The summed E-state index contributed by atoms with van der Waals surface area (Å²) in [5, 5.41) is 13.0. The highest BCUT2D eigenvalue weighted by Gasteiger charge is 2.48. The molecule has 34 heavy (non-hydrogen) atoms. The smallest absolute Gasteiger partial charge is 0.228 e. The molecule has 0 bridgehead atoms. The zero-order valence-corrected chi connectivity index (χ0v) is 20.4. The van der Waals surface area contributed by atoms with Gasteiger partial charge in [-0.3, -0.25) is 9.69 Å². The average molecular weight is 467 g/mol. The van der Waals surface area contributed by atoms with E-state index in [9.17, 15) is 14.3 Å². The van der Waals surface area contributed by atoms with Crippen molar-refractivity contribution in [3.8, 4) is 11.8 Å². The molecule has 0 saturated carbocycles. The summed E-state index contributed by atoms with van der Waals surface area (Å²) < 4.78 is 18.8. The predicted octanol–water partition coefficient (Wildman–Crippen LogP) is 3.32. The Labute approximate surface area is 202 Å². The minimum Gasteiger partial charge on any atom is -0.386 e. The fourth-order valence-corrected chi connectivity index (χ4v) is 4.06. The molecule has 2 unspecified atom stereocenters. The van der Waals surface area contributed by atoms with Crippen LogP contribution in [0.2, 0.25) is 0 Å². The normalized spacial score (nSPS) is 17.7. The Morgan fingerprint density at radius 1 is 1.03 bits per heavy atom. The molecule has 2 aromatic rings. The molecule has 1 saturated heterocycles. The first-order chi connectivity index (χ1) is 16.3. The van der Waals surface area contributed by atoms with Gasteiger partial charge >= 0.3 is 0 Å². The van der Waals surface area contributed by atoms with Crippen molar-refractivity contribution in [1.29, 1.82) is 0 Å². The number of alkyl halides is 1. The largest absolute Gasteiger partial charge is 0.386 e. The van der Waals surface area contributed by atoms with Gasteiger partial charge in [0, 0.05) is 37.8 Å². The number of nitrogens with zero attached hydrogens (tertiary/aromatic N) is 1. The van der Waals surface area contributed by atoms with Gasteiger partial charge in [-0.1, -0.05) is 36.1 Å². The van der Waals surface area contributed by atoms with Crippen LogP contribution in [-0.2, 0) is 22.5 Å². The van der Waals surface area contributed by atoms with E-state index < -0.39 is 17.7 Å². The van der Waals surface area contributed by atoms with E-state index in [0.29, 0.717) is 12.8 Å². The first-order valence-corrected chi connectivity index (χ1v) is 11.8. The first kappa shape index (κ1) is 25.9. The molecule has 2 aromatic carbocycles. The lowest BCUT2D eigenvalue weighted by molar-refractivity contribution is -0.149.